The van der Waals surface area contributed by atoms with Crippen molar-refractivity contribution in [3.8, 4) is 5.75 Å². The molecule has 1 aromatic rings. The third kappa shape index (κ3) is 1.96. The van der Waals surface area contributed by atoms with Crippen molar-refractivity contribution in [2.45, 2.75) is 37.6 Å². The fraction of sp³-hybridized carbons (Fsp3) is 0.562. The van der Waals surface area contributed by atoms with E-state index in [4.69, 9.17) is 4.74 Å². The van der Waals surface area contributed by atoms with E-state index >= 15 is 0 Å². The molecule has 0 saturated heterocycles. The molecule has 19 heavy (non-hydrogen) atoms. The molecule has 1 saturated carbocycles. The van der Waals surface area contributed by atoms with E-state index in [9.17, 15) is 4.79 Å². The molecule has 1 aromatic carbocycles. The second kappa shape index (κ2) is 4.64. The molecular formula is C16H21NO2. The van der Waals surface area contributed by atoms with Crippen molar-refractivity contribution in [1.82, 2.24) is 4.90 Å². The van der Waals surface area contributed by atoms with Crippen LogP contribution in [0.25, 0.3) is 0 Å². The van der Waals surface area contributed by atoms with Gasteiger partial charge in [0.1, 0.15) is 5.75 Å². The van der Waals surface area contributed by atoms with Gasteiger partial charge in [0, 0.05) is 12.0 Å². The number of nitrogens with zero attached hydrogens (tertiary/aromatic N) is 1. The fourth-order valence-corrected chi connectivity index (χ4v) is 3.43. The van der Waals surface area contributed by atoms with Gasteiger partial charge in [0.05, 0.1) is 12.1 Å². The smallest absolute Gasteiger partial charge is 0.183 e. The lowest BCUT2D eigenvalue weighted by molar-refractivity contribution is 0.0693. The standard InChI is InChI=1S/C16H21NO2/c1-17(2)16(8-3-4-9-16)15(18)13-5-6-14-12(11-13)7-10-19-14/h5-6,11H,3-4,7-10H2,1-2H3. The lowest BCUT2D eigenvalue weighted by Gasteiger charge is -2.34. The molecule has 0 N–H and O–H groups in total. The van der Waals surface area contributed by atoms with Gasteiger partial charge in [-0.25, -0.2) is 0 Å². The van der Waals surface area contributed by atoms with E-state index in [-0.39, 0.29) is 11.3 Å². The molecule has 2 aliphatic rings. The van der Waals surface area contributed by atoms with Crippen LogP contribution in [0.4, 0.5) is 0 Å². The highest BCUT2D eigenvalue weighted by atomic mass is 16.5. The minimum atomic E-state index is -0.284. The Bertz CT molecular complexity index is 501. The minimum Gasteiger partial charge on any atom is -0.493 e. The highest BCUT2D eigenvalue weighted by Gasteiger charge is 2.43. The summed E-state index contributed by atoms with van der Waals surface area (Å²) in [7, 11) is 4.05. The molecule has 1 fully saturated rings. The number of Topliss-reactive ketones (excluding diaryl/α,β-unsaturated/α-hetero) is 1. The number of hydrogen-bond acceptors (Lipinski definition) is 3. The zero-order valence-electron chi connectivity index (χ0n) is 11.7. The Balaban J connectivity index is 1.95. The Morgan fingerprint density at radius 3 is 2.68 bits per heavy atom. The molecule has 0 unspecified atom stereocenters. The summed E-state index contributed by atoms with van der Waals surface area (Å²) in [5.41, 5.74) is 1.74. The molecule has 0 atom stereocenters. The first-order valence-electron chi connectivity index (χ1n) is 7.11. The molecule has 0 spiro atoms. The Morgan fingerprint density at radius 1 is 1.26 bits per heavy atom. The van der Waals surface area contributed by atoms with Gasteiger partial charge in [-0.1, -0.05) is 12.8 Å². The summed E-state index contributed by atoms with van der Waals surface area (Å²) in [4.78, 5) is 15.0. The second-order valence-corrected chi connectivity index (χ2v) is 5.88. The number of rotatable bonds is 3. The Hall–Kier alpha value is -1.35. The normalized spacial score (nSPS) is 20.4. The quantitative estimate of drug-likeness (QED) is 0.782. The first-order chi connectivity index (χ1) is 9.13. The van der Waals surface area contributed by atoms with Gasteiger partial charge in [0.25, 0.3) is 0 Å². The molecule has 1 heterocycles. The van der Waals surface area contributed by atoms with Gasteiger partial charge in [0.15, 0.2) is 5.78 Å². The van der Waals surface area contributed by atoms with Crippen LogP contribution in [0.15, 0.2) is 18.2 Å². The van der Waals surface area contributed by atoms with Crippen molar-refractivity contribution in [3.05, 3.63) is 29.3 Å². The Labute approximate surface area is 114 Å². The lowest BCUT2D eigenvalue weighted by atomic mass is 9.86. The zero-order valence-corrected chi connectivity index (χ0v) is 11.7. The molecule has 0 radical (unpaired) electrons. The Kier molecular flexibility index (Phi) is 3.09. The van der Waals surface area contributed by atoms with Gasteiger partial charge in [-0.15, -0.1) is 0 Å². The van der Waals surface area contributed by atoms with Crippen LogP contribution in [-0.4, -0.2) is 36.9 Å². The van der Waals surface area contributed by atoms with Crippen LogP contribution in [0.1, 0.15) is 41.6 Å². The summed E-state index contributed by atoms with van der Waals surface area (Å²) in [6, 6.07) is 5.91. The monoisotopic (exact) mass is 259 g/mol. The summed E-state index contributed by atoms with van der Waals surface area (Å²) in [5.74, 6) is 1.23. The predicted molar refractivity (Wildman–Crippen MR) is 74.9 cm³/mol. The maximum atomic E-state index is 12.9. The fourth-order valence-electron chi connectivity index (χ4n) is 3.43. The number of carbonyl (C=O) groups excluding carboxylic acids is 1. The lowest BCUT2D eigenvalue weighted by Crippen LogP contribution is -2.48. The topological polar surface area (TPSA) is 29.5 Å². The summed E-state index contributed by atoms with van der Waals surface area (Å²) in [5, 5.41) is 0. The summed E-state index contributed by atoms with van der Waals surface area (Å²) in [6.07, 6.45) is 5.18. The zero-order chi connectivity index (χ0) is 13.5. The van der Waals surface area contributed by atoms with E-state index < -0.39 is 0 Å². The first kappa shape index (κ1) is 12.7. The summed E-state index contributed by atoms with van der Waals surface area (Å²) in [6.45, 7) is 0.742. The highest BCUT2D eigenvalue weighted by molar-refractivity contribution is 6.03. The molecule has 0 bridgehead atoms. The third-order valence-electron chi connectivity index (χ3n) is 4.66. The SMILES string of the molecule is CN(C)C1(C(=O)c2ccc3c(c2)CCO3)CCCC1. The van der Waals surface area contributed by atoms with E-state index in [1.807, 2.05) is 32.3 Å². The van der Waals surface area contributed by atoms with Crippen molar-refractivity contribution < 1.29 is 9.53 Å². The van der Waals surface area contributed by atoms with Gasteiger partial charge in [-0.3, -0.25) is 9.69 Å². The van der Waals surface area contributed by atoms with Crippen molar-refractivity contribution in [1.29, 1.82) is 0 Å². The molecule has 1 aliphatic carbocycles. The first-order valence-corrected chi connectivity index (χ1v) is 7.11. The number of carbonyl (C=O) groups is 1. The third-order valence-corrected chi connectivity index (χ3v) is 4.66. The van der Waals surface area contributed by atoms with E-state index in [0.717, 1.165) is 50.0 Å². The Morgan fingerprint density at radius 2 is 2.00 bits per heavy atom. The maximum Gasteiger partial charge on any atom is 0.183 e. The largest absolute Gasteiger partial charge is 0.493 e. The molecule has 3 nitrogen and oxygen atoms in total. The number of ether oxygens (including phenoxy) is 1. The van der Waals surface area contributed by atoms with Crippen molar-refractivity contribution in [2.24, 2.45) is 0 Å². The average molecular weight is 259 g/mol. The highest BCUT2D eigenvalue weighted by Crippen LogP contribution is 2.37. The van der Waals surface area contributed by atoms with Gasteiger partial charge < -0.3 is 4.74 Å². The molecule has 3 rings (SSSR count). The predicted octanol–water partition coefficient (Wildman–Crippen LogP) is 2.68. The van der Waals surface area contributed by atoms with Crippen LogP contribution in [0.3, 0.4) is 0 Å². The summed E-state index contributed by atoms with van der Waals surface area (Å²) >= 11 is 0. The summed E-state index contributed by atoms with van der Waals surface area (Å²) < 4.78 is 5.51. The molecule has 1 aliphatic heterocycles. The van der Waals surface area contributed by atoms with Crippen LogP contribution in [0.5, 0.6) is 5.75 Å². The number of benzene rings is 1. The van der Waals surface area contributed by atoms with Gasteiger partial charge in [-0.05, 0) is 50.7 Å². The van der Waals surface area contributed by atoms with Crippen molar-refractivity contribution in [3.63, 3.8) is 0 Å². The maximum absolute atomic E-state index is 12.9. The molecule has 3 heteroatoms. The van der Waals surface area contributed by atoms with Crippen LogP contribution in [0.2, 0.25) is 0 Å². The molecule has 102 valence electrons. The number of likely N-dealkylation sites (N-methyl/N-ethyl adjacent to an activating group) is 1. The minimum absolute atomic E-state index is 0.282. The van der Waals surface area contributed by atoms with E-state index in [0.29, 0.717) is 0 Å². The average Bonchev–Trinajstić information content (AvgIpc) is 3.06. The van der Waals surface area contributed by atoms with Gasteiger partial charge in [0.2, 0.25) is 0 Å². The number of hydrogen-bond donors (Lipinski definition) is 0. The van der Waals surface area contributed by atoms with Crippen molar-refractivity contribution >= 4 is 5.78 Å². The van der Waals surface area contributed by atoms with Gasteiger partial charge in [-0.2, -0.15) is 0 Å². The van der Waals surface area contributed by atoms with Gasteiger partial charge >= 0.3 is 0 Å². The molecular weight excluding hydrogens is 238 g/mol. The molecule has 0 aromatic heterocycles. The van der Waals surface area contributed by atoms with E-state index in [1.54, 1.807) is 0 Å². The number of ketones is 1. The van der Waals surface area contributed by atoms with Crippen molar-refractivity contribution in [2.75, 3.05) is 20.7 Å². The molecule has 0 amide bonds. The van der Waals surface area contributed by atoms with Crippen LogP contribution in [0, 0.1) is 0 Å². The van der Waals surface area contributed by atoms with Crippen LogP contribution >= 0.6 is 0 Å². The van der Waals surface area contributed by atoms with Crippen LogP contribution < -0.4 is 4.74 Å². The van der Waals surface area contributed by atoms with E-state index in [1.165, 1.54) is 5.56 Å². The number of fused-ring (bicyclic) bond motifs is 1. The van der Waals surface area contributed by atoms with E-state index in [2.05, 4.69) is 4.90 Å². The van der Waals surface area contributed by atoms with Crippen LogP contribution in [-0.2, 0) is 6.42 Å². The second-order valence-electron chi connectivity index (χ2n) is 5.88.